The van der Waals surface area contributed by atoms with Gasteiger partial charge in [0.2, 0.25) is 0 Å². The van der Waals surface area contributed by atoms with Gasteiger partial charge in [-0.1, -0.05) is 44.2 Å². The van der Waals surface area contributed by atoms with Crippen LogP contribution in [0.5, 0.6) is 0 Å². The Morgan fingerprint density at radius 3 is 2.47 bits per heavy atom. The van der Waals surface area contributed by atoms with E-state index in [1.54, 1.807) is 0 Å². The predicted octanol–water partition coefficient (Wildman–Crippen LogP) is 4.80. The Morgan fingerprint density at radius 2 is 1.72 bits per heavy atom. The van der Waals surface area contributed by atoms with Crippen LogP contribution in [0.25, 0.3) is 0 Å². The molecule has 3 unspecified atom stereocenters. The van der Waals surface area contributed by atoms with Gasteiger partial charge in [0, 0.05) is 18.6 Å². The molecular formula is C28H42O4. The van der Waals surface area contributed by atoms with Crippen molar-refractivity contribution in [3.63, 3.8) is 0 Å². The highest BCUT2D eigenvalue weighted by atomic mass is 16.5. The largest absolute Gasteiger partial charge is 0.396 e. The molecule has 0 amide bonds. The van der Waals surface area contributed by atoms with Crippen molar-refractivity contribution in [3.8, 4) is 0 Å². The summed E-state index contributed by atoms with van der Waals surface area (Å²) in [4.78, 5) is 0. The maximum atomic E-state index is 12.6. The minimum Gasteiger partial charge on any atom is -0.396 e. The summed E-state index contributed by atoms with van der Waals surface area (Å²) in [5.41, 5.74) is -0.196. The van der Waals surface area contributed by atoms with E-state index in [9.17, 15) is 15.3 Å². The molecule has 1 aromatic carbocycles. The molecule has 0 aromatic heterocycles. The number of hydrogen-bond acceptors (Lipinski definition) is 4. The molecule has 0 spiro atoms. The minimum atomic E-state index is -0.741. The van der Waals surface area contributed by atoms with Crippen molar-refractivity contribution in [1.82, 2.24) is 0 Å². The first kappa shape index (κ1) is 22.8. The van der Waals surface area contributed by atoms with Crippen LogP contribution in [0.4, 0.5) is 0 Å². The van der Waals surface area contributed by atoms with Crippen molar-refractivity contribution in [2.45, 2.75) is 95.4 Å². The summed E-state index contributed by atoms with van der Waals surface area (Å²) < 4.78 is 6.73. The van der Waals surface area contributed by atoms with Crippen LogP contribution in [-0.2, 0) is 10.3 Å². The zero-order valence-corrected chi connectivity index (χ0v) is 19.9. The third-order valence-electron chi connectivity index (χ3n) is 10.8. The molecule has 1 aromatic rings. The van der Waals surface area contributed by atoms with Gasteiger partial charge >= 0.3 is 0 Å². The molecule has 32 heavy (non-hydrogen) atoms. The number of aliphatic hydroxyl groups is 3. The average molecular weight is 443 g/mol. The summed E-state index contributed by atoms with van der Waals surface area (Å²) >= 11 is 0. The Balaban J connectivity index is 1.52. The SMILES string of the molecule is C[C@]12CCC(O)CC1CC[C@@H]1[C@H]2CC[C@]2(C)C(OCCCO)(c3ccccc3)CC[C@@]12O. The molecule has 4 aliphatic carbocycles. The fourth-order valence-electron chi connectivity index (χ4n) is 9.00. The summed E-state index contributed by atoms with van der Waals surface area (Å²) in [6.07, 6.45) is 9.30. The summed E-state index contributed by atoms with van der Waals surface area (Å²) in [7, 11) is 0. The molecule has 4 aliphatic rings. The number of ether oxygens (including phenoxy) is 1. The van der Waals surface area contributed by atoms with Gasteiger partial charge in [-0.25, -0.2) is 0 Å². The van der Waals surface area contributed by atoms with E-state index < -0.39 is 11.2 Å². The Labute approximate surface area is 193 Å². The molecular weight excluding hydrogens is 400 g/mol. The molecule has 0 radical (unpaired) electrons. The fraction of sp³-hybridized carbons (Fsp3) is 0.786. The van der Waals surface area contributed by atoms with Gasteiger partial charge in [0.1, 0.15) is 5.60 Å². The van der Waals surface area contributed by atoms with E-state index in [0.717, 1.165) is 57.8 Å². The molecule has 4 fully saturated rings. The predicted molar refractivity (Wildman–Crippen MR) is 125 cm³/mol. The Bertz CT molecular complexity index is 813. The second-order valence-corrected chi connectivity index (χ2v) is 11.8. The molecule has 3 N–H and O–H groups in total. The topological polar surface area (TPSA) is 69.9 Å². The van der Waals surface area contributed by atoms with Crippen LogP contribution < -0.4 is 0 Å². The van der Waals surface area contributed by atoms with Gasteiger partial charge in [0.15, 0.2) is 0 Å². The van der Waals surface area contributed by atoms with Crippen molar-refractivity contribution < 1.29 is 20.1 Å². The van der Waals surface area contributed by atoms with Gasteiger partial charge in [0.25, 0.3) is 0 Å². The highest BCUT2D eigenvalue weighted by Gasteiger charge is 2.72. The van der Waals surface area contributed by atoms with Crippen LogP contribution >= 0.6 is 0 Å². The van der Waals surface area contributed by atoms with Crippen LogP contribution in [0.15, 0.2) is 30.3 Å². The third kappa shape index (κ3) is 3.02. The Kier molecular flexibility index (Phi) is 5.76. The lowest BCUT2D eigenvalue weighted by atomic mass is 9.42. The zero-order chi connectivity index (χ0) is 22.6. The van der Waals surface area contributed by atoms with Crippen LogP contribution in [0.1, 0.15) is 83.6 Å². The van der Waals surface area contributed by atoms with Gasteiger partial charge in [-0.05, 0) is 92.9 Å². The lowest BCUT2D eigenvalue weighted by Gasteiger charge is -2.64. The van der Waals surface area contributed by atoms with Crippen LogP contribution in [0, 0.1) is 28.6 Å². The van der Waals surface area contributed by atoms with E-state index in [-0.39, 0.29) is 23.5 Å². The minimum absolute atomic E-state index is 0.127. The van der Waals surface area contributed by atoms with Gasteiger partial charge in [-0.2, -0.15) is 0 Å². The van der Waals surface area contributed by atoms with Gasteiger partial charge < -0.3 is 20.1 Å². The van der Waals surface area contributed by atoms with Crippen molar-refractivity contribution >= 4 is 0 Å². The first-order valence-corrected chi connectivity index (χ1v) is 13.0. The molecule has 4 saturated carbocycles. The first-order valence-electron chi connectivity index (χ1n) is 13.0. The number of rotatable bonds is 5. The number of aliphatic hydroxyl groups excluding tert-OH is 2. The van der Waals surface area contributed by atoms with Crippen molar-refractivity contribution in [2.75, 3.05) is 13.2 Å². The zero-order valence-electron chi connectivity index (χ0n) is 19.9. The summed E-state index contributed by atoms with van der Waals surface area (Å²) in [5.74, 6) is 1.40. The second kappa shape index (κ2) is 8.08. The third-order valence-corrected chi connectivity index (χ3v) is 10.8. The van der Waals surface area contributed by atoms with E-state index >= 15 is 0 Å². The summed E-state index contributed by atoms with van der Waals surface area (Å²) in [5, 5.41) is 32.3. The molecule has 8 atom stereocenters. The van der Waals surface area contributed by atoms with Gasteiger partial charge in [-0.3, -0.25) is 0 Å². The standard InChI is InChI=1S/C28H42O4/c1-25-13-11-22(30)19-21(25)9-10-24-23(25)12-14-26(2)27(24,31)15-16-28(26,32-18-6-17-29)20-7-4-3-5-8-20/h3-5,7-8,21-24,29-31H,6,9-19H2,1-2H3/t21?,22?,23-,24-,25+,26+,27-,28?/m1/s1. The number of hydrogen-bond donors (Lipinski definition) is 3. The first-order chi connectivity index (χ1) is 15.3. The van der Waals surface area contributed by atoms with E-state index in [2.05, 4.69) is 38.1 Å². The maximum Gasteiger partial charge on any atom is 0.101 e. The monoisotopic (exact) mass is 442 g/mol. The van der Waals surface area contributed by atoms with E-state index in [4.69, 9.17) is 4.74 Å². The molecule has 4 nitrogen and oxygen atoms in total. The smallest absolute Gasteiger partial charge is 0.101 e. The van der Waals surface area contributed by atoms with Gasteiger partial charge in [-0.15, -0.1) is 0 Å². The fourth-order valence-corrected chi connectivity index (χ4v) is 9.00. The van der Waals surface area contributed by atoms with Crippen molar-refractivity contribution in [2.24, 2.45) is 28.6 Å². The molecule has 0 aliphatic heterocycles. The van der Waals surface area contributed by atoms with E-state index in [1.807, 2.05) is 6.07 Å². The molecule has 0 bridgehead atoms. The molecule has 0 saturated heterocycles. The molecule has 4 heteroatoms. The van der Waals surface area contributed by atoms with Crippen molar-refractivity contribution in [3.05, 3.63) is 35.9 Å². The molecule has 5 rings (SSSR count). The lowest BCUT2D eigenvalue weighted by molar-refractivity contribution is -0.249. The summed E-state index contributed by atoms with van der Waals surface area (Å²) in [6, 6.07) is 10.5. The molecule has 0 heterocycles. The quantitative estimate of drug-likeness (QED) is 0.573. The average Bonchev–Trinajstić information content (AvgIpc) is 3.03. The van der Waals surface area contributed by atoms with E-state index in [1.165, 1.54) is 5.56 Å². The molecule has 178 valence electrons. The lowest BCUT2D eigenvalue weighted by Crippen LogP contribution is -2.65. The van der Waals surface area contributed by atoms with Crippen LogP contribution in [-0.4, -0.2) is 40.2 Å². The Morgan fingerprint density at radius 1 is 0.938 bits per heavy atom. The van der Waals surface area contributed by atoms with Crippen molar-refractivity contribution in [1.29, 1.82) is 0 Å². The number of benzene rings is 1. The number of fused-ring (bicyclic) bond motifs is 5. The van der Waals surface area contributed by atoms with E-state index in [0.29, 0.717) is 30.8 Å². The highest BCUT2D eigenvalue weighted by molar-refractivity contribution is 5.33. The van der Waals surface area contributed by atoms with Crippen LogP contribution in [0.3, 0.4) is 0 Å². The van der Waals surface area contributed by atoms with Gasteiger partial charge in [0.05, 0.1) is 11.7 Å². The van der Waals surface area contributed by atoms with Crippen LogP contribution in [0.2, 0.25) is 0 Å². The Hall–Kier alpha value is -0.940. The maximum absolute atomic E-state index is 12.6. The normalized spacial score (nSPS) is 48.0. The highest BCUT2D eigenvalue weighted by Crippen LogP contribution is 2.72. The summed E-state index contributed by atoms with van der Waals surface area (Å²) in [6.45, 7) is 5.40. The second-order valence-electron chi connectivity index (χ2n) is 11.8.